The molecule has 1 aromatic carbocycles. The highest BCUT2D eigenvalue weighted by Crippen LogP contribution is 2.23. The van der Waals surface area contributed by atoms with Crippen molar-refractivity contribution in [1.82, 2.24) is 29.5 Å². The van der Waals surface area contributed by atoms with Crippen molar-refractivity contribution in [2.75, 3.05) is 5.73 Å². The zero-order chi connectivity index (χ0) is 20.5. The van der Waals surface area contributed by atoms with E-state index >= 15 is 0 Å². The molecule has 0 saturated heterocycles. The van der Waals surface area contributed by atoms with E-state index in [9.17, 15) is 4.79 Å². The molecule has 146 valence electrons. The first-order valence-corrected chi connectivity index (χ1v) is 9.32. The molecule has 3 aromatic heterocycles. The lowest BCUT2D eigenvalue weighted by atomic mass is 10.2. The summed E-state index contributed by atoms with van der Waals surface area (Å²) in [5.41, 5.74) is 9.02. The Morgan fingerprint density at radius 2 is 2.21 bits per heavy atom. The molecule has 0 saturated carbocycles. The zero-order valence-electron chi connectivity index (χ0n) is 15.8. The number of imidazole rings is 2. The minimum absolute atomic E-state index is 0.178. The van der Waals surface area contributed by atoms with E-state index in [-0.39, 0.29) is 11.9 Å². The molecule has 1 amide bonds. The monoisotopic (exact) mass is 407 g/mol. The first kappa shape index (κ1) is 18.8. The van der Waals surface area contributed by atoms with Crippen molar-refractivity contribution in [3.05, 3.63) is 53.2 Å². The summed E-state index contributed by atoms with van der Waals surface area (Å²) in [7, 11) is 1.79. The van der Waals surface area contributed by atoms with Crippen molar-refractivity contribution >= 4 is 39.9 Å². The van der Waals surface area contributed by atoms with E-state index in [1.807, 2.05) is 19.1 Å². The van der Waals surface area contributed by atoms with Crippen LogP contribution in [0.3, 0.4) is 0 Å². The van der Waals surface area contributed by atoms with E-state index in [4.69, 9.17) is 17.3 Å². The third-order valence-corrected chi connectivity index (χ3v) is 4.80. The van der Waals surface area contributed by atoms with Crippen LogP contribution in [0.15, 0.2) is 36.7 Å². The molecular formula is C20H18ClN7O. The standard InChI is InChI=1S/C20H18ClN7O/c1-12(5-3-6-13-11-23-18-15(22)9-10-24-28(13)18)25-20(29)19-26-17-14(21)7-4-8-16(17)27(19)2/h4,7-12H,5,22H2,1-2H3,(H,25,29)/t12-/m0/s1. The number of rotatable bonds is 3. The van der Waals surface area contributed by atoms with Gasteiger partial charge in [-0.05, 0) is 31.0 Å². The van der Waals surface area contributed by atoms with E-state index < -0.39 is 0 Å². The number of amides is 1. The van der Waals surface area contributed by atoms with Gasteiger partial charge in [0.15, 0.2) is 11.5 Å². The highest BCUT2D eigenvalue weighted by molar-refractivity contribution is 6.35. The van der Waals surface area contributed by atoms with Gasteiger partial charge in [0.05, 0.1) is 28.6 Å². The van der Waals surface area contributed by atoms with Crippen molar-refractivity contribution in [1.29, 1.82) is 0 Å². The van der Waals surface area contributed by atoms with Gasteiger partial charge in [-0.25, -0.2) is 14.5 Å². The number of carbonyl (C=O) groups excluding carboxylic acids is 1. The minimum atomic E-state index is -0.279. The van der Waals surface area contributed by atoms with Crippen LogP contribution >= 0.6 is 11.6 Å². The van der Waals surface area contributed by atoms with Crippen LogP contribution in [0.5, 0.6) is 0 Å². The molecular weight excluding hydrogens is 390 g/mol. The molecule has 3 heterocycles. The second kappa shape index (κ2) is 7.45. The molecule has 0 aliphatic carbocycles. The van der Waals surface area contributed by atoms with Gasteiger partial charge in [-0.1, -0.05) is 23.6 Å². The number of nitrogens with two attached hydrogens (primary N) is 1. The molecule has 0 unspecified atom stereocenters. The Kier molecular flexibility index (Phi) is 4.82. The Balaban J connectivity index is 1.47. The van der Waals surface area contributed by atoms with Crippen LogP contribution in [-0.4, -0.2) is 36.1 Å². The maximum atomic E-state index is 12.6. The van der Waals surface area contributed by atoms with Crippen LogP contribution in [0, 0.1) is 11.8 Å². The minimum Gasteiger partial charge on any atom is -0.396 e. The van der Waals surface area contributed by atoms with Crippen LogP contribution in [-0.2, 0) is 7.05 Å². The topological polar surface area (TPSA) is 103 Å². The Hall–Kier alpha value is -3.57. The molecule has 0 bridgehead atoms. The number of hydrogen-bond acceptors (Lipinski definition) is 5. The number of anilines is 1. The summed E-state index contributed by atoms with van der Waals surface area (Å²) < 4.78 is 3.32. The maximum Gasteiger partial charge on any atom is 0.287 e. The molecule has 8 nitrogen and oxygen atoms in total. The summed E-state index contributed by atoms with van der Waals surface area (Å²) in [6.07, 6.45) is 3.67. The summed E-state index contributed by atoms with van der Waals surface area (Å²) >= 11 is 6.18. The number of halogens is 1. The molecule has 29 heavy (non-hydrogen) atoms. The molecule has 0 spiro atoms. The average Bonchev–Trinajstić information content (AvgIpc) is 3.25. The third-order valence-electron chi connectivity index (χ3n) is 4.50. The summed E-state index contributed by atoms with van der Waals surface area (Å²) in [6, 6.07) is 6.96. The fraction of sp³-hybridized carbons (Fsp3) is 0.200. The average molecular weight is 408 g/mol. The Morgan fingerprint density at radius 1 is 1.38 bits per heavy atom. The Bertz CT molecular complexity index is 1290. The summed E-state index contributed by atoms with van der Waals surface area (Å²) in [5.74, 6) is 6.09. The molecule has 0 aliphatic heterocycles. The molecule has 4 aromatic rings. The number of carbonyl (C=O) groups is 1. The SMILES string of the molecule is C[C@@H](CC#Cc1cnc2c(N)ccnn12)NC(=O)c1nc2c(Cl)cccc2n1C. The second-order valence-electron chi connectivity index (χ2n) is 6.65. The van der Waals surface area contributed by atoms with Gasteiger partial charge in [0, 0.05) is 19.5 Å². The lowest BCUT2D eigenvalue weighted by Crippen LogP contribution is -2.33. The van der Waals surface area contributed by atoms with Crippen LogP contribution in [0.25, 0.3) is 16.7 Å². The maximum absolute atomic E-state index is 12.6. The quantitative estimate of drug-likeness (QED) is 0.507. The molecule has 0 aliphatic rings. The smallest absolute Gasteiger partial charge is 0.287 e. The number of benzene rings is 1. The lowest BCUT2D eigenvalue weighted by Gasteiger charge is -2.10. The number of aryl methyl sites for hydroxylation is 1. The summed E-state index contributed by atoms with van der Waals surface area (Å²) in [6.45, 7) is 1.88. The number of hydrogen-bond donors (Lipinski definition) is 2. The van der Waals surface area contributed by atoms with Crippen LogP contribution in [0.1, 0.15) is 29.7 Å². The molecule has 0 radical (unpaired) electrons. The number of aromatic nitrogens is 5. The molecule has 0 fully saturated rings. The number of nitrogens with zero attached hydrogens (tertiary/aromatic N) is 5. The van der Waals surface area contributed by atoms with E-state index in [0.29, 0.717) is 39.8 Å². The normalized spacial score (nSPS) is 12.0. The van der Waals surface area contributed by atoms with Gasteiger partial charge in [0.2, 0.25) is 0 Å². The summed E-state index contributed by atoms with van der Waals surface area (Å²) in [5, 5.41) is 7.64. The van der Waals surface area contributed by atoms with Gasteiger partial charge in [-0.2, -0.15) is 5.10 Å². The fourth-order valence-electron chi connectivity index (χ4n) is 3.02. The lowest BCUT2D eigenvalue weighted by molar-refractivity contribution is 0.0928. The second-order valence-corrected chi connectivity index (χ2v) is 7.06. The van der Waals surface area contributed by atoms with Gasteiger partial charge in [-0.3, -0.25) is 4.79 Å². The van der Waals surface area contributed by atoms with E-state index in [0.717, 1.165) is 5.52 Å². The van der Waals surface area contributed by atoms with Crippen molar-refractivity contribution in [3.63, 3.8) is 0 Å². The van der Waals surface area contributed by atoms with Gasteiger partial charge in [-0.15, -0.1) is 0 Å². The largest absolute Gasteiger partial charge is 0.396 e. The fourth-order valence-corrected chi connectivity index (χ4v) is 3.23. The van der Waals surface area contributed by atoms with E-state index in [1.54, 1.807) is 40.7 Å². The Labute approximate surface area is 171 Å². The Morgan fingerprint density at radius 3 is 3.00 bits per heavy atom. The van der Waals surface area contributed by atoms with Gasteiger partial charge < -0.3 is 15.6 Å². The molecule has 3 N–H and O–H groups in total. The van der Waals surface area contributed by atoms with Gasteiger partial charge in [0.25, 0.3) is 5.91 Å². The highest BCUT2D eigenvalue weighted by atomic mass is 35.5. The number of fused-ring (bicyclic) bond motifs is 2. The first-order chi connectivity index (χ1) is 14.0. The third kappa shape index (κ3) is 3.48. The van der Waals surface area contributed by atoms with Crippen LogP contribution in [0.2, 0.25) is 5.02 Å². The van der Waals surface area contributed by atoms with Crippen molar-refractivity contribution in [3.8, 4) is 11.8 Å². The number of nitrogens with one attached hydrogen (secondary N) is 1. The molecule has 9 heteroatoms. The van der Waals surface area contributed by atoms with Crippen LogP contribution < -0.4 is 11.1 Å². The highest BCUT2D eigenvalue weighted by Gasteiger charge is 2.18. The van der Waals surface area contributed by atoms with Gasteiger partial charge in [0.1, 0.15) is 11.2 Å². The predicted molar refractivity (Wildman–Crippen MR) is 112 cm³/mol. The van der Waals surface area contributed by atoms with E-state index in [1.165, 1.54) is 0 Å². The van der Waals surface area contributed by atoms with E-state index in [2.05, 4.69) is 32.2 Å². The zero-order valence-corrected chi connectivity index (χ0v) is 16.6. The number of nitrogen functional groups attached to an aromatic ring is 1. The molecule has 4 rings (SSSR count). The van der Waals surface area contributed by atoms with Crippen LogP contribution in [0.4, 0.5) is 5.69 Å². The predicted octanol–water partition coefficient (Wildman–Crippen LogP) is 2.41. The number of para-hydroxylation sites is 1. The first-order valence-electron chi connectivity index (χ1n) is 8.94. The van der Waals surface area contributed by atoms with Gasteiger partial charge >= 0.3 is 0 Å². The van der Waals surface area contributed by atoms with Crippen molar-refractivity contribution in [2.45, 2.75) is 19.4 Å². The molecule has 1 atom stereocenters. The summed E-state index contributed by atoms with van der Waals surface area (Å²) in [4.78, 5) is 21.2. The van der Waals surface area contributed by atoms with Crippen molar-refractivity contribution < 1.29 is 4.79 Å². The van der Waals surface area contributed by atoms with Crippen molar-refractivity contribution in [2.24, 2.45) is 7.05 Å².